The van der Waals surface area contributed by atoms with Gasteiger partial charge in [0.25, 0.3) is 6.43 Å². The van der Waals surface area contributed by atoms with Crippen molar-refractivity contribution in [1.29, 1.82) is 0 Å². The largest absolute Gasteiger partial charge is 0.491 e. The van der Waals surface area contributed by atoms with Crippen LogP contribution < -0.4 is 4.74 Å². The highest BCUT2D eigenvalue weighted by Crippen LogP contribution is 2.36. The van der Waals surface area contributed by atoms with E-state index in [9.17, 15) is 13.2 Å². The molecule has 0 aliphatic carbocycles. The van der Waals surface area contributed by atoms with Gasteiger partial charge in [-0.1, -0.05) is 49.4 Å². The van der Waals surface area contributed by atoms with Gasteiger partial charge in [0.15, 0.2) is 11.6 Å². The Morgan fingerprint density at radius 3 is 2.48 bits per heavy atom. The summed E-state index contributed by atoms with van der Waals surface area (Å²) in [6.45, 7) is 6.72. The fourth-order valence-electron chi connectivity index (χ4n) is 4.20. The molecule has 0 amide bonds. The van der Waals surface area contributed by atoms with Crippen molar-refractivity contribution in [2.24, 2.45) is 0 Å². The molecule has 0 radical (unpaired) electrons. The summed E-state index contributed by atoms with van der Waals surface area (Å²) >= 11 is 0. The zero-order chi connectivity index (χ0) is 22.4. The summed E-state index contributed by atoms with van der Waals surface area (Å²) in [4.78, 5) is 0. The van der Waals surface area contributed by atoms with Crippen molar-refractivity contribution in [3.63, 3.8) is 0 Å². The van der Waals surface area contributed by atoms with Crippen LogP contribution in [0.15, 0.2) is 30.3 Å². The van der Waals surface area contributed by atoms with E-state index in [0.717, 1.165) is 29.7 Å². The van der Waals surface area contributed by atoms with E-state index in [4.69, 9.17) is 9.47 Å². The number of benzene rings is 2. The van der Waals surface area contributed by atoms with Gasteiger partial charge in [0.2, 0.25) is 0 Å². The van der Waals surface area contributed by atoms with Gasteiger partial charge in [0.1, 0.15) is 0 Å². The van der Waals surface area contributed by atoms with Gasteiger partial charge in [-0.2, -0.15) is 0 Å². The Labute approximate surface area is 185 Å². The van der Waals surface area contributed by atoms with Gasteiger partial charge < -0.3 is 9.47 Å². The van der Waals surface area contributed by atoms with E-state index in [-0.39, 0.29) is 33.5 Å². The number of hydrogen-bond acceptors (Lipinski definition) is 2. The smallest absolute Gasteiger partial charge is 0.267 e. The molecule has 0 spiro atoms. The lowest BCUT2D eigenvalue weighted by molar-refractivity contribution is 0.0150. The quantitative estimate of drug-likeness (QED) is 0.323. The molecule has 1 fully saturated rings. The molecule has 0 saturated carbocycles. The van der Waals surface area contributed by atoms with E-state index in [1.165, 1.54) is 18.5 Å². The number of aryl methyl sites for hydroxylation is 1. The molecule has 3 rings (SSSR count). The van der Waals surface area contributed by atoms with Crippen molar-refractivity contribution < 1.29 is 22.6 Å². The van der Waals surface area contributed by atoms with Crippen LogP contribution in [0.5, 0.6) is 5.75 Å². The van der Waals surface area contributed by atoms with Crippen LogP contribution in [0.25, 0.3) is 12.2 Å². The summed E-state index contributed by atoms with van der Waals surface area (Å²) in [5, 5.41) is 0. The molecule has 31 heavy (non-hydrogen) atoms. The predicted octanol–water partition coefficient (Wildman–Crippen LogP) is 6.89. The van der Waals surface area contributed by atoms with E-state index in [1.807, 2.05) is 24.3 Å². The third-order valence-electron chi connectivity index (χ3n) is 5.85. The van der Waals surface area contributed by atoms with Crippen molar-refractivity contribution in [1.82, 2.24) is 0 Å². The van der Waals surface area contributed by atoms with Crippen molar-refractivity contribution >= 4 is 21.7 Å². The van der Waals surface area contributed by atoms with Gasteiger partial charge >= 0.3 is 0 Å². The Kier molecular flexibility index (Phi) is 8.38. The molecule has 0 aromatic heterocycles. The summed E-state index contributed by atoms with van der Waals surface area (Å²) in [5.74, 6) is -1.12. The molecule has 2 aromatic rings. The van der Waals surface area contributed by atoms with E-state index in [2.05, 4.69) is 6.92 Å². The predicted molar refractivity (Wildman–Crippen MR) is 123 cm³/mol. The molecule has 2 atom stereocenters. The third-order valence-corrected chi connectivity index (χ3v) is 7.89. The maximum absolute atomic E-state index is 14.6. The fourth-order valence-corrected chi connectivity index (χ4v) is 5.85. The van der Waals surface area contributed by atoms with Gasteiger partial charge in [-0.15, -0.1) is 0 Å². The molecule has 1 aliphatic rings. The van der Waals surface area contributed by atoms with E-state index in [1.54, 1.807) is 26.0 Å². The number of ether oxygens (including phenoxy) is 2. The molecule has 2 nitrogen and oxygen atoms in total. The van der Waals surface area contributed by atoms with Gasteiger partial charge in [-0.05, 0) is 60.6 Å². The Morgan fingerprint density at radius 2 is 1.90 bits per heavy atom. The Morgan fingerprint density at radius 1 is 1.16 bits per heavy atom. The van der Waals surface area contributed by atoms with E-state index < -0.39 is 17.8 Å². The standard InChI is InChI=1S/C25H31F3O2Si/c1-4-29-22-14-16(3)20(23(24(22)26)25(27)28)12-8-17-6-9-18(10-7-17)21-13-11-19(15-30-21)31-5-2/h6-10,12,14,19,21,25H,4-5,11,13,15,31H2,1-3H3. The molecular formula is C25H31F3O2Si. The highest BCUT2D eigenvalue weighted by atomic mass is 28.2. The van der Waals surface area contributed by atoms with Crippen LogP contribution in [-0.2, 0) is 4.74 Å². The average Bonchev–Trinajstić information content (AvgIpc) is 2.76. The lowest BCUT2D eigenvalue weighted by atomic mass is 9.98. The minimum absolute atomic E-state index is 0.00918. The van der Waals surface area contributed by atoms with Gasteiger partial charge in [0, 0.05) is 16.1 Å². The van der Waals surface area contributed by atoms with Crippen molar-refractivity contribution in [3.8, 4) is 5.75 Å². The Balaban J connectivity index is 1.76. The van der Waals surface area contributed by atoms with Crippen LogP contribution in [0.4, 0.5) is 13.2 Å². The summed E-state index contributed by atoms with van der Waals surface area (Å²) in [7, 11) is -0.00918. The molecule has 0 bridgehead atoms. The number of hydrogen-bond donors (Lipinski definition) is 0. The van der Waals surface area contributed by atoms with Crippen LogP contribution in [0.2, 0.25) is 11.6 Å². The maximum Gasteiger partial charge on any atom is 0.267 e. The topological polar surface area (TPSA) is 18.5 Å². The van der Waals surface area contributed by atoms with Crippen molar-refractivity contribution in [3.05, 3.63) is 64.0 Å². The molecule has 0 N–H and O–H groups in total. The zero-order valence-corrected chi connectivity index (χ0v) is 19.9. The fraction of sp³-hybridized carbons (Fsp3) is 0.440. The average molecular weight is 449 g/mol. The second-order valence-corrected chi connectivity index (χ2v) is 10.9. The highest BCUT2D eigenvalue weighted by molar-refractivity contribution is 6.37. The summed E-state index contributed by atoms with van der Waals surface area (Å²) in [6, 6.07) is 10.8. The van der Waals surface area contributed by atoms with Crippen LogP contribution in [0.3, 0.4) is 0 Å². The lowest BCUT2D eigenvalue weighted by Gasteiger charge is -2.29. The van der Waals surface area contributed by atoms with Crippen LogP contribution in [-0.4, -0.2) is 22.7 Å². The maximum atomic E-state index is 14.6. The first-order valence-electron chi connectivity index (χ1n) is 11.1. The summed E-state index contributed by atoms with van der Waals surface area (Å²) < 4.78 is 53.0. The molecular weight excluding hydrogens is 417 g/mol. The third kappa shape index (κ3) is 5.80. The highest BCUT2D eigenvalue weighted by Gasteiger charge is 2.24. The van der Waals surface area contributed by atoms with Gasteiger partial charge in [-0.25, -0.2) is 13.2 Å². The Hall–Kier alpha value is -2.05. The minimum atomic E-state index is -2.93. The first-order valence-corrected chi connectivity index (χ1v) is 12.9. The summed E-state index contributed by atoms with van der Waals surface area (Å²) in [5.41, 5.74) is 2.94. The van der Waals surface area contributed by atoms with Crippen LogP contribution in [0.1, 0.15) is 67.0 Å². The number of halogens is 3. The van der Waals surface area contributed by atoms with Crippen LogP contribution in [0, 0.1) is 12.7 Å². The minimum Gasteiger partial charge on any atom is -0.491 e. The summed E-state index contributed by atoms with van der Waals surface area (Å²) in [6.07, 6.45) is 2.79. The monoisotopic (exact) mass is 448 g/mol. The van der Waals surface area contributed by atoms with Gasteiger partial charge in [0.05, 0.1) is 18.3 Å². The number of alkyl halides is 2. The first kappa shape index (κ1) is 23.6. The van der Waals surface area contributed by atoms with E-state index in [0.29, 0.717) is 5.56 Å². The normalized spacial score (nSPS) is 19.7. The molecule has 2 unspecified atom stereocenters. The Bertz CT molecular complexity index is 889. The second-order valence-electron chi connectivity index (χ2n) is 8.12. The lowest BCUT2D eigenvalue weighted by Crippen LogP contribution is -2.20. The molecule has 2 aromatic carbocycles. The molecule has 168 valence electrons. The first-order chi connectivity index (χ1) is 14.9. The second kappa shape index (κ2) is 11.0. The van der Waals surface area contributed by atoms with Gasteiger partial charge in [-0.3, -0.25) is 0 Å². The molecule has 6 heteroatoms. The molecule has 1 heterocycles. The zero-order valence-electron chi connectivity index (χ0n) is 18.5. The molecule has 1 aliphatic heterocycles. The molecule has 1 saturated heterocycles. The number of rotatable bonds is 8. The van der Waals surface area contributed by atoms with Crippen molar-refractivity contribution in [2.45, 2.75) is 57.7 Å². The van der Waals surface area contributed by atoms with E-state index >= 15 is 0 Å². The SMILES string of the molecule is CCOc1cc(C)c(C=Cc2ccc(C3CCC([SiH2]CC)CO3)cc2)c(C(F)F)c1F. The van der Waals surface area contributed by atoms with Crippen LogP contribution >= 0.6 is 0 Å². The van der Waals surface area contributed by atoms with Crippen molar-refractivity contribution in [2.75, 3.05) is 13.2 Å².